The Hall–Kier alpha value is -5.54. The fraction of sp³-hybridized carbons (Fsp3) is 0.240. The minimum absolute atomic E-state index is 0.0289. The molecule has 0 unspecified atom stereocenters. The summed E-state index contributed by atoms with van der Waals surface area (Å²) < 4.78 is 26.8. The average Bonchev–Trinajstić information content (AvgIpc) is 3.46. The van der Waals surface area contributed by atoms with Gasteiger partial charge in [0.15, 0.2) is 22.9 Å². The van der Waals surface area contributed by atoms with E-state index in [1.807, 2.05) is 15.2 Å². The SMILES string of the molecule is COc1ccc(-n2cnnn2)c(CNC(=O)c2cn(Cc3cn4cc(C5CC5)cc(-n5cnnc5)c4n3)nn2)c1F. The summed E-state index contributed by atoms with van der Waals surface area (Å²) in [6.45, 7) is 0.127. The van der Waals surface area contributed by atoms with E-state index in [2.05, 4.69) is 53.6 Å². The summed E-state index contributed by atoms with van der Waals surface area (Å²) in [6.07, 6.45) is 12.5. The number of nitrogens with one attached hydrogen (secondary N) is 1. The van der Waals surface area contributed by atoms with Crippen LogP contribution in [0.2, 0.25) is 0 Å². The maximum absolute atomic E-state index is 15.1. The highest BCUT2D eigenvalue weighted by Gasteiger charge is 2.26. The zero-order valence-electron chi connectivity index (χ0n) is 21.7. The van der Waals surface area contributed by atoms with E-state index >= 15 is 4.39 Å². The van der Waals surface area contributed by atoms with E-state index in [9.17, 15) is 4.79 Å². The fourth-order valence-corrected chi connectivity index (χ4v) is 4.69. The Morgan fingerprint density at radius 3 is 2.68 bits per heavy atom. The van der Waals surface area contributed by atoms with Crippen molar-refractivity contribution in [1.82, 2.24) is 64.7 Å². The number of aromatic nitrogens is 12. The minimum atomic E-state index is -0.632. The van der Waals surface area contributed by atoms with Gasteiger partial charge in [0.2, 0.25) is 0 Å². The number of hydrogen-bond donors (Lipinski definition) is 1. The van der Waals surface area contributed by atoms with Crippen LogP contribution in [0.25, 0.3) is 17.0 Å². The minimum Gasteiger partial charge on any atom is -0.494 e. The number of carbonyl (C=O) groups is 1. The number of halogens is 1. The van der Waals surface area contributed by atoms with Gasteiger partial charge in [0.05, 0.1) is 36.9 Å². The zero-order valence-corrected chi connectivity index (χ0v) is 21.7. The number of pyridine rings is 1. The van der Waals surface area contributed by atoms with Crippen LogP contribution in [0.1, 0.15) is 46.1 Å². The van der Waals surface area contributed by atoms with Crippen LogP contribution in [0.4, 0.5) is 4.39 Å². The molecule has 5 heterocycles. The van der Waals surface area contributed by atoms with Crippen LogP contribution in [-0.2, 0) is 13.1 Å². The van der Waals surface area contributed by atoms with Gasteiger partial charge in [0.25, 0.3) is 5.91 Å². The molecule has 0 bridgehead atoms. The highest BCUT2D eigenvalue weighted by molar-refractivity contribution is 5.91. The third kappa shape index (κ3) is 4.64. The Balaban J connectivity index is 1.10. The molecule has 16 heteroatoms. The number of imidazole rings is 1. The van der Waals surface area contributed by atoms with Crippen molar-refractivity contribution in [3.63, 3.8) is 0 Å². The molecule has 1 aliphatic carbocycles. The van der Waals surface area contributed by atoms with Crippen LogP contribution in [0.5, 0.6) is 5.75 Å². The zero-order chi connectivity index (χ0) is 27.9. The number of methoxy groups -OCH3 is 1. The summed E-state index contributed by atoms with van der Waals surface area (Å²) in [4.78, 5) is 17.7. The van der Waals surface area contributed by atoms with E-state index in [4.69, 9.17) is 9.72 Å². The number of amides is 1. The molecule has 206 valence electrons. The van der Waals surface area contributed by atoms with Crippen LogP contribution < -0.4 is 10.1 Å². The van der Waals surface area contributed by atoms with Crippen molar-refractivity contribution in [1.29, 1.82) is 0 Å². The maximum Gasteiger partial charge on any atom is 0.273 e. The third-order valence-electron chi connectivity index (χ3n) is 6.87. The van der Waals surface area contributed by atoms with E-state index in [1.54, 1.807) is 18.7 Å². The van der Waals surface area contributed by atoms with Gasteiger partial charge < -0.3 is 14.5 Å². The molecule has 6 aromatic rings. The standard InChI is InChI=1S/C25H22FN13O2/c1-41-22-5-4-20(39-14-30-33-35-39)18(23(22)26)7-27-25(40)19-11-38(34-32-19)10-17-9-36-8-16(15-2-3-15)6-21(24(36)31-17)37-12-28-29-13-37/h4-6,8-9,11-15H,2-3,7,10H2,1H3,(H,27,40). The maximum atomic E-state index is 15.1. The highest BCUT2D eigenvalue weighted by atomic mass is 19.1. The summed E-state index contributed by atoms with van der Waals surface area (Å²) in [7, 11) is 1.36. The van der Waals surface area contributed by atoms with Gasteiger partial charge in [0, 0.05) is 24.5 Å². The lowest BCUT2D eigenvalue weighted by molar-refractivity contribution is 0.0945. The first kappa shape index (κ1) is 24.5. The predicted molar refractivity (Wildman–Crippen MR) is 138 cm³/mol. The Bertz CT molecular complexity index is 1860. The van der Waals surface area contributed by atoms with Crippen LogP contribution in [0.3, 0.4) is 0 Å². The van der Waals surface area contributed by atoms with Crippen LogP contribution in [0, 0.1) is 5.82 Å². The molecule has 0 atom stereocenters. The first-order valence-corrected chi connectivity index (χ1v) is 12.7. The van der Waals surface area contributed by atoms with Gasteiger partial charge in [-0.2, -0.15) is 0 Å². The van der Waals surface area contributed by atoms with Crippen molar-refractivity contribution >= 4 is 11.6 Å². The lowest BCUT2D eigenvalue weighted by atomic mass is 10.1. The Morgan fingerprint density at radius 2 is 1.93 bits per heavy atom. The fourth-order valence-electron chi connectivity index (χ4n) is 4.69. The molecular weight excluding hydrogens is 533 g/mol. The van der Waals surface area contributed by atoms with Crippen molar-refractivity contribution < 1.29 is 13.9 Å². The first-order valence-electron chi connectivity index (χ1n) is 12.7. The summed E-state index contributed by atoms with van der Waals surface area (Å²) in [5.74, 6) is -0.584. The number of tetrazole rings is 1. The van der Waals surface area contributed by atoms with Gasteiger partial charge in [-0.25, -0.2) is 18.7 Å². The number of rotatable bonds is 9. The molecule has 0 radical (unpaired) electrons. The van der Waals surface area contributed by atoms with Crippen LogP contribution in [0.15, 0.2) is 55.8 Å². The molecule has 0 spiro atoms. The van der Waals surface area contributed by atoms with Gasteiger partial charge >= 0.3 is 0 Å². The molecule has 0 saturated heterocycles. The second-order valence-corrected chi connectivity index (χ2v) is 9.58. The summed E-state index contributed by atoms with van der Waals surface area (Å²) in [6, 6.07) is 5.19. The molecule has 1 amide bonds. The van der Waals surface area contributed by atoms with E-state index in [-0.39, 0.29) is 30.1 Å². The molecule has 1 fully saturated rings. The third-order valence-corrected chi connectivity index (χ3v) is 6.87. The molecule has 41 heavy (non-hydrogen) atoms. The molecule has 1 N–H and O–H groups in total. The van der Waals surface area contributed by atoms with E-state index in [1.165, 1.54) is 53.5 Å². The summed E-state index contributed by atoms with van der Waals surface area (Å²) in [5.41, 5.74) is 4.18. The largest absolute Gasteiger partial charge is 0.494 e. The number of ether oxygens (including phenoxy) is 1. The van der Waals surface area contributed by atoms with Crippen LogP contribution in [-0.4, -0.2) is 72.4 Å². The van der Waals surface area contributed by atoms with Crippen molar-refractivity contribution in [2.45, 2.75) is 31.8 Å². The summed E-state index contributed by atoms with van der Waals surface area (Å²) in [5, 5.41) is 29.7. The average molecular weight is 556 g/mol. The Kier molecular flexibility index (Phi) is 5.91. The first-order chi connectivity index (χ1) is 20.1. The molecule has 7 rings (SSSR count). The molecular formula is C25H22FN13O2. The summed E-state index contributed by atoms with van der Waals surface area (Å²) >= 11 is 0. The van der Waals surface area contributed by atoms with Gasteiger partial charge in [0.1, 0.15) is 19.0 Å². The molecule has 0 aliphatic heterocycles. The molecule has 1 aliphatic rings. The van der Waals surface area contributed by atoms with E-state index in [0.717, 1.165) is 17.0 Å². The number of nitrogens with zero attached hydrogens (tertiary/aromatic N) is 12. The van der Waals surface area contributed by atoms with Gasteiger partial charge in [-0.05, 0) is 52.9 Å². The van der Waals surface area contributed by atoms with Crippen molar-refractivity contribution in [2.75, 3.05) is 7.11 Å². The Labute approximate surface area is 230 Å². The lowest BCUT2D eigenvalue weighted by Crippen LogP contribution is -2.25. The molecule has 1 aromatic carbocycles. The lowest BCUT2D eigenvalue weighted by Gasteiger charge is -2.13. The number of benzene rings is 1. The normalized spacial score (nSPS) is 13.1. The topological polar surface area (TPSA) is 161 Å². The van der Waals surface area contributed by atoms with E-state index < -0.39 is 11.7 Å². The van der Waals surface area contributed by atoms with Gasteiger partial charge in [-0.15, -0.1) is 20.4 Å². The second-order valence-electron chi connectivity index (χ2n) is 9.58. The quantitative estimate of drug-likeness (QED) is 0.277. The number of carbonyl (C=O) groups excluding carboxylic acids is 1. The number of fused-ring (bicyclic) bond motifs is 1. The van der Waals surface area contributed by atoms with E-state index in [0.29, 0.717) is 11.6 Å². The molecule has 5 aromatic heterocycles. The van der Waals surface area contributed by atoms with Gasteiger partial charge in [-0.3, -0.25) is 9.36 Å². The molecule has 15 nitrogen and oxygen atoms in total. The molecule has 1 saturated carbocycles. The highest BCUT2D eigenvalue weighted by Crippen LogP contribution is 2.41. The van der Waals surface area contributed by atoms with Crippen molar-refractivity contribution in [3.8, 4) is 17.1 Å². The Morgan fingerprint density at radius 1 is 1.07 bits per heavy atom. The smallest absolute Gasteiger partial charge is 0.273 e. The second kappa shape index (κ2) is 9.89. The monoisotopic (exact) mass is 555 g/mol. The van der Waals surface area contributed by atoms with Gasteiger partial charge in [-0.1, -0.05) is 5.21 Å². The van der Waals surface area contributed by atoms with Crippen molar-refractivity contribution in [2.24, 2.45) is 0 Å². The number of hydrogen-bond acceptors (Lipinski definition) is 10. The van der Waals surface area contributed by atoms with Crippen molar-refractivity contribution in [3.05, 3.63) is 84.1 Å². The predicted octanol–water partition coefficient (Wildman–Crippen LogP) is 1.49. The van der Waals surface area contributed by atoms with Crippen LogP contribution >= 0.6 is 0 Å².